The van der Waals surface area contributed by atoms with Crippen molar-refractivity contribution in [3.63, 3.8) is 0 Å². The summed E-state index contributed by atoms with van der Waals surface area (Å²) in [5.41, 5.74) is 3.63. The van der Waals surface area contributed by atoms with Crippen LogP contribution in [-0.2, 0) is 27.3 Å². The predicted octanol–water partition coefficient (Wildman–Crippen LogP) is 2.18. The molecule has 2 aromatic rings. The average Bonchev–Trinajstić information content (AvgIpc) is 3.15. The molecular formula is C18H22N2O4S. The number of rotatable bonds is 7. The molecule has 1 fully saturated rings. The lowest BCUT2D eigenvalue weighted by Gasteiger charge is -2.32. The van der Waals surface area contributed by atoms with Crippen molar-refractivity contribution in [2.75, 3.05) is 20.3 Å². The van der Waals surface area contributed by atoms with Crippen LogP contribution < -0.4 is 10.1 Å². The second-order valence-electron chi connectivity index (χ2n) is 5.89. The molecule has 0 aliphatic carbocycles. The predicted molar refractivity (Wildman–Crippen MR) is 94.8 cm³/mol. The zero-order valence-corrected chi connectivity index (χ0v) is 15.0. The monoisotopic (exact) mass is 362 g/mol. The van der Waals surface area contributed by atoms with Gasteiger partial charge in [0.05, 0.1) is 44.0 Å². The fourth-order valence-corrected chi connectivity index (χ4v) is 3.27. The molecular weight excluding hydrogens is 340 g/mol. The van der Waals surface area contributed by atoms with Gasteiger partial charge in [0.2, 0.25) is 5.91 Å². The van der Waals surface area contributed by atoms with Crippen molar-refractivity contribution < 1.29 is 19.0 Å². The van der Waals surface area contributed by atoms with Crippen LogP contribution in [0.3, 0.4) is 0 Å². The fraction of sp³-hybridized carbons (Fsp3) is 0.444. The maximum absolute atomic E-state index is 12.4. The Morgan fingerprint density at radius 3 is 2.96 bits per heavy atom. The number of carbonyl (C=O) groups excluding carboxylic acids is 1. The van der Waals surface area contributed by atoms with Crippen LogP contribution in [-0.4, -0.2) is 43.4 Å². The number of hydrogen-bond acceptors (Lipinski definition) is 6. The number of benzene rings is 1. The summed E-state index contributed by atoms with van der Waals surface area (Å²) in [6.45, 7) is 1.55. The number of amides is 1. The first-order chi connectivity index (χ1) is 12.2. The van der Waals surface area contributed by atoms with Gasteiger partial charge in [-0.3, -0.25) is 4.79 Å². The van der Waals surface area contributed by atoms with E-state index in [0.717, 1.165) is 23.4 Å². The van der Waals surface area contributed by atoms with Crippen molar-refractivity contribution in [2.24, 2.45) is 0 Å². The van der Waals surface area contributed by atoms with Crippen molar-refractivity contribution >= 4 is 17.2 Å². The van der Waals surface area contributed by atoms with E-state index >= 15 is 0 Å². The minimum atomic E-state index is -0.157. The van der Waals surface area contributed by atoms with E-state index in [2.05, 4.69) is 10.3 Å². The second kappa shape index (κ2) is 8.94. The number of hydrogen-bond donors (Lipinski definition) is 1. The Balaban J connectivity index is 1.52. The number of ether oxygens (including phenoxy) is 3. The van der Waals surface area contributed by atoms with Gasteiger partial charge in [-0.1, -0.05) is 12.1 Å². The first kappa shape index (κ1) is 17.8. The molecule has 1 aliphatic rings. The summed E-state index contributed by atoms with van der Waals surface area (Å²) >= 11 is 1.54. The lowest BCUT2D eigenvalue weighted by Crippen LogP contribution is -2.50. The third kappa shape index (κ3) is 5.26. The molecule has 7 heteroatoms. The van der Waals surface area contributed by atoms with Crippen molar-refractivity contribution in [1.82, 2.24) is 10.3 Å². The van der Waals surface area contributed by atoms with Gasteiger partial charge in [-0.05, 0) is 24.1 Å². The van der Waals surface area contributed by atoms with Crippen molar-refractivity contribution in [1.29, 1.82) is 0 Å². The molecule has 1 amide bonds. The van der Waals surface area contributed by atoms with E-state index in [4.69, 9.17) is 14.2 Å². The van der Waals surface area contributed by atoms with Crippen LogP contribution in [0.4, 0.5) is 0 Å². The third-order valence-electron chi connectivity index (χ3n) is 4.10. The topological polar surface area (TPSA) is 69.7 Å². The van der Waals surface area contributed by atoms with Crippen LogP contribution >= 0.6 is 11.3 Å². The quantitative estimate of drug-likeness (QED) is 0.818. The molecule has 134 valence electrons. The van der Waals surface area contributed by atoms with E-state index in [9.17, 15) is 4.79 Å². The number of thiazole rings is 1. The molecule has 2 unspecified atom stereocenters. The van der Waals surface area contributed by atoms with Crippen LogP contribution in [0.15, 0.2) is 35.2 Å². The molecule has 0 saturated carbocycles. The first-order valence-electron chi connectivity index (χ1n) is 8.23. The van der Waals surface area contributed by atoms with Gasteiger partial charge in [0.1, 0.15) is 11.9 Å². The minimum absolute atomic E-state index is 0.0145. The lowest BCUT2D eigenvalue weighted by molar-refractivity contribution is -0.126. The third-order valence-corrected chi connectivity index (χ3v) is 4.74. The smallest absolute Gasteiger partial charge is 0.224 e. The molecule has 1 aliphatic heterocycles. The van der Waals surface area contributed by atoms with Crippen LogP contribution in [0.5, 0.6) is 5.75 Å². The fourth-order valence-electron chi connectivity index (χ4n) is 2.73. The number of nitrogens with zero attached hydrogens (tertiary/aromatic N) is 1. The Morgan fingerprint density at radius 2 is 2.24 bits per heavy atom. The number of methoxy groups -OCH3 is 1. The minimum Gasteiger partial charge on any atom is -0.497 e. The largest absolute Gasteiger partial charge is 0.497 e. The van der Waals surface area contributed by atoms with E-state index in [1.165, 1.54) is 0 Å². The van der Waals surface area contributed by atoms with Crippen molar-refractivity contribution in [3.05, 3.63) is 46.4 Å². The number of aromatic nitrogens is 1. The zero-order valence-electron chi connectivity index (χ0n) is 14.1. The first-order valence-corrected chi connectivity index (χ1v) is 9.17. The van der Waals surface area contributed by atoms with E-state index in [-0.39, 0.29) is 18.1 Å². The van der Waals surface area contributed by atoms with Crippen LogP contribution in [0.2, 0.25) is 0 Å². The van der Waals surface area contributed by atoms with Gasteiger partial charge in [0.25, 0.3) is 0 Å². The molecule has 0 bridgehead atoms. The van der Waals surface area contributed by atoms with E-state index < -0.39 is 0 Å². The molecule has 1 aromatic heterocycles. The van der Waals surface area contributed by atoms with Crippen LogP contribution in [0.25, 0.3) is 0 Å². The summed E-state index contributed by atoms with van der Waals surface area (Å²) in [5.74, 6) is 0.767. The Hall–Kier alpha value is -1.96. The Morgan fingerprint density at radius 1 is 1.40 bits per heavy atom. The van der Waals surface area contributed by atoms with Gasteiger partial charge in [-0.2, -0.15) is 0 Å². The van der Waals surface area contributed by atoms with Gasteiger partial charge < -0.3 is 19.5 Å². The normalized spacial score (nSPS) is 20.2. The molecule has 2 heterocycles. The SMILES string of the molecule is COc1ccc(CC(=O)NC2CCOCC2OCc2cscn2)cc1. The highest BCUT2D eigenvalue weighted by Crippen LogP contribution is 2.15. The van der Waals surface area contributed by atoms with E-state index in [0.29, 0.717) is 26.2 Å². The molecule has 1 N–H and O–H groups in total. The van der Waals surface area contributed by atoms with Gasteiger partial charge >= 0.3 is 0 Å². The van der Waals surface area contributed by atoms with Crippen LogP contribution in [0.1, 0.15) is 17.7 Å². The molecule has 2 atom stereocenters. The van der Waals surface area contributed by atoms with Gasteiger partial charge in [0, 0.05) is 12.0 Å². The summed E-state index contributed by atoms with van der Waals surface area (Å²) in [7, 11) is 1.62. The van der Waals surface area contributed by atoms with Crippen LogP contribution in [0, 0.1) is 0 Å². The summed E-state index contributed by atoms with van der Waals surface area (Å²) < 4.78 is 16.5. The summed E-state index contributed by atoms with van der Waals surface area (Å²) in [4.78, 5) is 16.6. The molecule has 3 rings (SSSR count). The van der Waals surface area contributed by atoms with E-state index in [1.54, 1.807) is 24.0 Å². The molecule has 6 nitrogen and oxygen atoms in total. The Labute approximate surface area is 151 Å². The maximum atomic E-state index is 12.4. The van der Waals surface area contributed by atoms with Gasteiger partial charge in [0.15, 0.2) is 0 Å². The Bertz CT molecular complexity index is 660. The summed E-state index contributed by atoms with van der Waals surface area (Å²) in [5, 5.41) is 5.04. The second-order valence-corrected chi connectivity index (χ2v) is 6.61. The standard InChI is InChI=1S/C18H22N2O4S/c1-22-15-4-2-13(3-5-15)8-18(21)20-16-6-7-23-10-17(16)24-9-14-11-25-12-19-14/h2-5,11-12,16-17H,6-10H2,1H3,(H,20,21). The van der Waals surface area contributed by atoms with Crippen molar-refractivity contribution in [3.8, 4) is 5.75 Å². The summed E-state index contributed by atoms with van der Waals surface area (Å²) in [6.07, 6.45) is 0.922. The lowest BCUT2D eigenvalue weighted by atomic mass is 10.0. The molecule has 1 saturated heterocycles. The highest BCUT2D eigenvalue weighted by atomic mass is 32.1. The Kier molecular flexibility index (Phi) is 6.38. The van der Waals surface area contributed by atoms with E-state index in [1.807, 2.05) is 29.6 Å². The molecule has 0 radical (unpaired) electrons. The highest BCUT2D eigenvalue weighted by molar-refractivity contribution is 7.07. The summed E-state index contributed by atoms with van der Waals surface area (Å²) in [6, 6.07) is 7.48. The maximum Gasteiger partial charge on any atom is 0.224 e. The van der Waals surface area contributed by atoms with Gasteiger partial charge in [-0.25, -0.2) is 4.98 Å². The number of carbonyl (C=O) groups is 1. The van der Waals surface area contributed by atoms with Gasteiger partial charge in [-0.15, -0.1) is 11.3 Å². The molecule has 1 aromatic carbocycles. The zero-order chi connectivity index (χ0) is 17.5. The molecule has 0 spiro atoms. The van der Waals surface area contributed by atoms with Crippen molar-refractivity contribution in [2.45, 2.75) is 31.6 Å². The number of nitrogens with one attached hydrogen (secondary N) is 1. The average molecular weight is 362 g/mol. The highest BCUT2D eigenvalue weighted by Gasteiger charge is 2.28. The molecule has 25 heavy (non-hydrogen) atoms.